The number of carbonyl (C=O) groups excluding carboxylic acids is 2. The number of nitrogens with one attached hydrogen (secondary N) is 1. The van der Waals surface area contributed by atoms with Gasteiger partial charge in [0.15, 0.2) is 0 Å². The highest BCUT2D eigenvalue weighted by atomic mass is 16.2. The molecular formula is C20H18N4O2. The van der Waals surface area contributed by atoms with E-state index in [4.69, 9.17) is 0 Å². The van der Waals surface area contributed by atoms with Crippen molar-refractivity contribution < 1.29 is 9.59 Å². The van der Waals surface area contributed by atoms with Crippen LogP contribution in [0, 0.1) is 0 Å². The molecule has 6 nitrogen and oxygen atoms in total. The zero-order chi connectivity index (χ0) is 17.9. The van der Waals surface area contributed by atoms with Crippen molar-refractivity contribution in [3.63, 3.8) is 0 Å². The highest BCUT2D eigenvalue weighted by Crippen LogP contribution is 2.23. The highest BCUT2D eigenvalue weighted by molar-refractivity contribution is 6.04. The molecular weight excluding hydrogens is 328 g/mol. The summed E-state index contributed by atoms with van der Waals surface area (Å²) >= 11 is 0. The average molecular weight is 346 g/mol. The molecule has 26 heavy (non-hydrogen) atoms. The fourth-order valence-electron chi connectivity index (χ4n) is 3.05. The van der Waals surface area contributed by atoms with Crippen molar-refractivity contribution in [2.24, 2.45) is 0 Å². The maximum absolute atomic E-state index is 12.4. The molecule has 1 aromatic heterocycles. The Balaban J connectivity index is 1.43. The molecule has 0 unspecified atom stereocenters. The molecule has 0 spiro atoms. The van der Waals surface area contributed by atoms with Gasteiger partial charge >= 0.3 is 0 Å². The van der Waals surface area contributed by atoms with Gasteiger partial charge in [-0.25, -0.2) is 4.98 Å². The summed E-state index contributed by atoms with van der Waals surface area (Å²) in [7, 11) is 0. The largest absolute Gasteiger partial charge is 0.322 e. The number of hydrogen-bond donors (Lipinski definition) is 1. The summed E-state index contributed by atoms with van der Waals surface area (Å²) in [5.74, 6) is -0.0213. The van der Waals surface area contributed by atoms with E-state index in [0.29, 0.717) is 17.7 Å². The average Bonchev–Trinajstić information content (AvgIpc) is 3.34. The van der Waals surface area contributed by atoms with Crippen LogP contribution in [-0.2, 0) is 4.79 Å². The Hall–Kier alpha value is -3.41. The molecule has 1 aliphatic rings. The van der Waals surface area contributed by atoms with E-state index in [0.717, 1.165) is 24.3 Å². The molecule has 0 saturated carbocycles. The van der Waals surface area contributed by atoms with Crippen molar-refractivity contribution in [1.29, 1.82) is 0 Å². The molecule has 1 aliphatic heterocycles. The first-order valence-electron chi connectivity index (χ1n) is 8.51. The standard InChI is InChI=1S/C20H18N4O2/c25-19-2-1-12-24(19)18-9-5-16(6-10-18)22-20(26)15-3-7-17(8-4-15)23-13-11-21-14-23/h3-11,13-14H,1-2,12H2,(H,22,26). The van der Waals surface area contributed by atoms with E-state index in [1.54, 1.807) is 29.6 Å². The first-order valence-corrected chi connectivity index (χ1v) is 8.51. The van der Waals surface area contributed by atoms with E-state index >= 15 is 0 Å². The van der Waals surface area contributed by atoms with Gasteiger partial charge in [0.25, 0.3) is 5.91 Å². The first-order chi connectivity index (χ1) is 12.7. The van der Waals surface area contributed by atoms with Gasteiger partial charge in [0.2, 0.25) is 5.91 Å². The van der Waals surface area contributed by atoms with Gasteiger partial charge in [-0.05, 0) is 55.0 Å². The normalized spacial score (nSPS) is 13.8. The van der Waals surface area contributed by atoms with Crippen molar-refractivity contribution in [2.45, 2.75) is 12.8 Å². The number of rotatable bonds is 4. The lowest BCUT2D eigenvalue weighted by atomic mass is 10.2. The van der Waals surface area contributed by atoms with Gasteiger partial charge in [-0.1, -0.05) is 0 Å². The van der Waals surface area contributed by atoms with Crippen LogP contribution in [0.4, 0.5) is 11.4 Å². The molecule has 2 amide bonds. The Morgan fingerprint density at radius 2 is 1.73 bits per heavy atom. The number of amides is 2. The Labute approximate surface area is 151 Å². The Morgan fingerprint density at radius 3 is 2.35 bits per heavy atom. The first kappa shape index (κ1) is 16.1. The van der Waals surface area contributed by atoms with Crippen LogP contribution in [0.2, 0.25) is 0 Å². The van der Waals surface area contributed by atoms with Crippen molar-refractivity contribution in [1.82, 2.24) is 9.55 Å². The molecule has 6 heteroatoms. The second kappa shape index (κ2) is 6.84. The number of nitrogens with zero attached hydrogens (tertiary/aromatic N) is 3. The molecule has 3 aromatic rings. The van der Waals surface area contributed by atoms with Gasteiger partial charge in [0.05, 0.1) is 6.33 Å². The molecule has 4 rings (SSSR count). The van der Waals surface area contributed by atoms with Crippen LogP contribution < -0.4 is 10.2 Å². The smallest absolute Gasteiger partial charge is 0.255 e. The molecule has 2 heterocycles. The van der Waals surface area contributed by atoms with E-state index in [-0.39, 0.29) is 11.8 Å². The van der Waals surface area contributed by atoms with E-state index in [2.05, 4.69) is 10.3 Å². The summed E-state index contributed by atoms with van der Waals surface area (Å²) in [6.07, 6.45) is 6.77. The van der Waals surface area contributed by atoms with Crippen LogP contribution in [0.25, 0.3) is 5.69 Å². The van der Waals surface area contributed by atoms with Gasteiger partial charge in [-0.15, -0.1) is 0 Å². The maximum atomic E-state index is 12.4. The quantitative estimate of drug-likeness (QED) is 0.788. The van der Waals surface area contributed by atoms with Crippen LogP contribution in [0.3, 0.4) is 0 Å². The van der Waals surface area contributed by atoms with E-state index in [1.165, 1.54) is 0 Å². The third-order valence-electron chi connectivity index (χ3n) is 4.44. The molecule has 1 fully saturated rings. The van der Waals surface area contributed by atoms with Crippen LogP contribution in [-0.4, -0.2) is 27.9 Å². The summed E-state index contributed by atoms with van der Waals surface area (Å²) in [4.78, 5) is 30.0. The molecule has 1 N–H and O–H groups in total. The second-order valence-corrected chi connectivity index (χ2v) is 6.17. The third kappa shape index (κ3) is 3.21. The van der Waals surface area contributed by atoms with Crippen LogP contribution in [0.5, 0.6) is 0 Å². The monoisotopic (exact) mass is 346 g/mol. The summed E-state index contributed by atoms with van der Waals surface area (Å²) in [6, 6.07) is 14.7. The minimum absolute atomic E-state index is 0.153. The number of aromatic nitrogens is 2. The Kier molecular flexibility index (Phi) is 4.23. The zero-order valence-corrected chi connectivity index (χ0v) is 14.1. The molecule has 130 valence electrons. The Morgan fingerprint density at radius 1 is 1.00 bits per heavy atom. The van der Waals surface area contributed by atoms with Gasteiger partial charge in [0, 0.05) is 48.0 Å². The maximum Gasteiger partial charge on any atom is 0.255 e. The van der Waals surface area contributed by atoms with E-state index in [9.17, 15) is 9.59 Å². The molecule has 0 bridgehead atoms. The lowest BCUT2D eigenvalue weighted by molar-refractivity contribution is -0.117. The predicted molar refractivity (Wildman–Crippen MR) is 99.5 cm³/mol. The van der Waals surface area contributed by atoms with E-state index < -0.39 is 0 Å². The Bertz CT molecular complexity index is 915. The molecule has 2 aromatic carbocycles. The molecule has 0 radical (unpaired) electrons. The van der Waals surface area contributed by atoms with Gasteiger partial charge in [0.1, 0.15) is 0 Å². The minimum atomic E-state index is -0.174. The van der Waals surface area contributed by atoms with Gasteiger partial charge < -0.3 is 14.8 Å². The van der Waals surface area contributed by atoms with Crippen molar-refractivity contribution in [3.8, 4) is 5.69 Å². The molecule has 1 saturated heterocycles. The van der Waals surface area contributed by atoms with Crippen LogP contribution in [0.1, 0.15) is 23.2 Å². The molecule has 0 aliphatic carbocycles. The van der Waals surface area contributed by atoms with Crippen molar-refractivity contribution in [3.05, 3.63) is 72.8 Å². The fraction of sp³-hybridized carbons (Fsp3) is 0.150. The topological polar surface area (TPSA) is 67.2 Å². The lowest BCUT2D eigenvalue weighted by Crippen LogP contribution is -2.23. The SMILES string of the molecule is O=C(Nc1ccc(N2CCCC2=O)cc1)c1ccc(-n2ccnc2)cc1. The highest BCUT2D eigenvalue weighted by Gasteiger charge is 2.21. The van der Waals surface area contributed by atoms with Crippen molar-refractivity contribution in [2.75, 3.05) is 16.8 Å². The fourth-order valence-corrected chi connectivity index (χ4v) is 3.05. The zero-order valence-electron chi connectivity index (χ0n) is 14.1. The minimum Gasteiger partial charge on any atom is -0.322 e. The number of hydrogen-bond acceptors (Lipinski definition) is 3. The summed E-state index contributed by atoms with van der Waals surface area (Å²) in [5.41, 5.74) is 3.09. The predicted octanol–water partition coefficient (Wildman–Crippen LogP) is 3.25. The number of benzene rings is 2. The van der Waals surface area contributed by atoms with Crippen LogP contribution >= 0.6 is 0 Å². The summed E-state index contributed by atoms with van der Waals surface area (Å²) < 4.78 is 1.88. The van der Waals surface area contributed by atoms with Crippen LogP contribution in [0.15, 0.2) is 67.3 Å². The number of anilines is 2. The number of carbonyl (C=O) groups is 2. The number of imidazole rings is 1. The van der Waals surface area contributed by atoms with E-state index in [1.807, 2.05) is 47.2 Å². The third-order valence-corrected chi connectivity index (χ3v) is 4.44. The van der Waals surface area contributed by atoms with Crippen molar-refractivity contribution >= 4 is 23.2 Å². The molecule has 0 atom stereocenters. The second-order valence-electron chi connectivity index (χ2n) is 6.17. The summed E-state index contributed by atoms with van der Waals surface area (Å²) in [6.45, 7) is 0.758. The summed E-state index contributed by atoms with van der Waals surface area (Å²) in [5, 5.41) is 2.88. The van der Waals surface area contributed by atoms with Gasteiger partial charge in [-0.2, -0.15) is 0 Å². The lowest BCUT2D eigenvalue weighted by Gasteiger charge is -2.16. The van der Waals surface area contributed by atoms with Gasteiger partial charge in [-0.3, -0.25) is 9.59 Å².